The summed E-state index contributed by atoms with van der Waals surface area (Å²) in [4.78, 5) is 44.6. The zero-order chi connectivity index (χ0) is 29.9. The van der Waals surface area contributed by atoms with Crippen LogP contribution in [-0.4, -0.2) is 103 Å². The maximum Gasteiger partial charge on any atom is 0.338 e. The fourth-order valence-corrected chi connectivity index (χ4v) is 6.31. The average Bonchev–Trinajstić information content (AvgIpc) is 3.33. The molecule has 2 fully saturated rings. The van der Waals surface area contributed by atoms with Crippen LogP contribution >= 0.6 is 0 Å². The first kappa shape index (κ1) is 29.2. The Morgan fingerprint density at radius 2 is 1.81 bits per heavy atom. The number of benzene rings is 2. The summed E-state index contributed by atoms with van der Waals surface area (Å²) in [6.45, 7) is 8.32. The second kappa shape index (κ2) is 12.8. The molecule has 0 aliphatic carbocycles. The second-order valence-corrected chi connectivity index (χ2v) is 11.5. The molecule has 3 aliphatic heterocycles. The molecule has 2 amide bonds. The van der Waals surface area contributed by atoms with Crippen LogP contribution < -0.4 is 4.74 Å². The van der Waals surface area contributed by atoms with Crippen molar-refractivity contribution in [3.63, 3.8) is 0 Å². The molecule has 0 bridgehead atoms. The van der Waals surface area contributed by atoms with Gasteiger partial charge in [0, 0.05) is 68.4 Å². The lowest BCUT2D eigenvalue weighted by atomic mass is 9.92. The lowest BCUT2D eigenvalue weighted by molar-refractivity contribution is -0.155. The Labute approximate surface area is 252 Å². The number of unbranched alkanes of at least 4 members (excludes halogenated alkanes) is 1. The summed E-state index contributed by atoms with van der Waals surface area (Å²) in [6, 6.07) is 12.9. The molecule has 10 nitrogen and oxygen atoms in total. The molecule has 6 rings (SSSR count). The van der Waals surface area contributed by atoms with E-state index in [-0.39, 0.29) is 24.3 Å². The fraction of sp³-hybridized carbons (Fsp3) is 0.485. The van der Waals surface area contributed by atoms with Gasteiger partial charge in [0.2, 0.25) is 11.8 Å². The third-order valence-electron chi connectivity index (χ3n) is 8.70. The predicted molar refractivity (Wildman–Crippen MR) is 161 cm³/mol. The molecule has 0 spiro atoms. The molecule has 43 heavy (non-hydrogen) atoms. The van der Waals surface area contributed by atoms with Crippen LogP contribution in [0.5, 0.6) is 5.75 Å². The highest BCUT2D eigenvalue weighted by atomic mass is 16.5. The number of likely N-dealkylation sites (N-methyl/N-ethyl adjacent to an activating group) is 1. The third-order valence-corrected chi connectivity index (χ3v) is 8.70. The summed E-state index contributed by atoms with van der Waals surface area (Å²) in [5, 5.41) is 0.932. The van der Waals surface area contributed by atoms with Crippen LogP contribution in [-0.2, 0) is 32.0 Å². The molecule has 4 heterocycles. The van der Waals surface area contributed by atoms with Gasteiger partial charge in [0.15, 0.2) is 0 Å². The number of hydrogen-bond acceptors (Lipinski definition) is 7. The predicted octanol–water partition coefficient (Wildman–Crippen LogP) is 3.26. The molecule has 1 unspecified atom stereocenters. The molecule has 228 valence electrons. The minimum Gasteiger partial charge on any atom is -0.492 e. The van der Waals surface area contributed by atoms with Crippen molar-refractivity contribution in [3.8, 4) is 5.75 Å². The van der Waals surface area contributed by atoms with Crippen LogP contribution in [0, 0.1) is 0 Å². The Morgan fingerprint density at radius 3 is 2.58 bits per heavy atom. The maximum atomic E-state index is 13.5. The molecule has 3 aliphatic rings. The summed E-state index contributed by atoms with van der Waals surface area (Å²) >= 11 is 0. The van der Waals surface area contributed by atoms with Crippen molar-refractivity contribution in [3.05, 3.63) is 64.8 Å². The van der Waals surface area contributed by atoms with Crippen LogP contribution in [0.25, 0.3) is 10.9 Å². The summed E-state index contributed by atoms with van der Waals surface area (Å²) in [7, 11) is 1.69. The van der Waals surface area contributed by atoms with Crippen LogP contribution in [0.3, 0.4) is 0 Å². The number of fused-ring (bicyclic) bond motifs is 5. The maximum absolute atomic E-state index is 13.5. The minimum atomic E-state index is -0.650. The van der Waals surface area contributed by atoms with Gasteiger partial charge in [-0.3, -0.25) is 14.5 Å². The summed E-state index contributed by atoms with van der Waals surface area (Å²) < 4.78 is 19.3. The quantitative estimate of drug-likeness (QED) is 0.265. The number of morpholine rings is 1. The number of nitrogens with zero attached hydrogens (tertiary/aromatic N) is 4. The van der Waals surface area contributed by atoms with Gasteiger partial charge in [0.1, 0.15) is 18.4 Å². The fourth-order valence-electron chi connectivity index (χ4n) is 6.31. The molecule has 2 saturated heterocycles. The van der Waals surface area contributed by atoms with Crippen molar-refractivity contribution >= 4 is 28.7 Å². The van der Waals surface area contributed by atoms with E-state index in [1.807, 2.05) is 36.4 Å². The SMILES string of the molecule is CCCCOC(=O)c1ccc(Cn2c3c(c4cc(OCCN5CCOCC5)ccc42)C2C(=O)N(C)CC(=O)N2CC3)cc1. The molecule has 10 heteroatoms. The number of carbonyl (C=O) groups excluding carboxylic acids is 3. The van der Waals surface area contributed by atoms with Gasteiger partial charge in [-0.1, -0.05) is 25.5 Å². The zero-order valence-corrected chi connectivity index (χ0v) is 25.0. The molecule has 0 radical (unpaired) electrons. The average molecular weight is 589 g/mol. The zero-order valence-electron chi connectivity index (χ0n) is 25.0. The van der Waals surface area contributed by atoms with E-state index in [1.54, 1.807) is 11.9 Å². The molecule has 1 atom stereocenters. The number of ether oxygens (including phenoxy) is 3. The van der Waals surface area contributed by atoms with Gasteiger partial charge in [0.25, 0.3) is 0 Å². The monoisotopic (exact) mass is 588 g/mol. The Morgan fingerprint density at radius 1 is 1.02 bits per heavy atom. The Bertz CT molecular complexity index is 1490. The summed E-state index contributed by atoms with van der Waals surface area (Å²) in [5.41, 5.74) is 4.50. The Hall–Kier alpha value is -3.89. The van der Waals surface area contributed by atoms with Crippen molar-refractivity contribution in [2.45, 2.75) is 38.8 Å². The highest BCUT2D eigenvalue weighted by Gasteiger charge is 2.44. The van der Waals surface area contributed by atoms with Gasteiger partial charge < -0.3 is 28.6 Å². The van der Waals surface area contributed by atoms with E-state index in [4.69, 9.17) is 14.2 Å². The van der Waals surface area contributed by atoms with Crippen molar-refractivity contribution in [2.24, 2.45) is 0 Å². The van der Waals surface area contributed by atoms with Crippen molar-refractivity contribution in [1.29, 1.82) is 0 Å². The number of piperazine rings is 1. The van der Waals surface area contributed by atoms with Gasteiger partial charge in [-0.05, 0) is 42.3 Å². The summed E-state index contributed by atoms with van der Waals surface area (Å²) in [5.74, 6) is 0.337. The van der Waals surface area contributed by atoms with E-state index in [9.17, 15) is 14.4 Å². The van der Waals surface area contributed by atoms with E-state index in [1.165, 1.54) is 4.90 Å². The number of esters is 1. The normalized spacial score (nSPS) is 19.0. The summed E-state index contributed by atoms with van der Waals surface area (Å²) in [6.07, 6.45) is 2.47. The number of aromatic nitrogens is 1. The van der Waals surface area contributed by atoms with Gasteiger partial charge in [-0.2, -0.15) is 0 Å². The lowest BCUT2D eigenvalue weighted by Gasteiger charge is -2.42. The van der Waals surface area contributed by atoms with Crippen LogP contribution in [0.1, 0.15) is 53.0 Å². The largest absolute Gasteiger partial charge is 0.492 e. The van der Waals surface area contributed by atoms with Crippen LogP contribution in [0.15, 0.2) is 42.5 Å². The molecular formula is C33H40N4O6. The van der Waals surface area contributed by atoms with Gasteiger partial charge in [-0.15, -0.1) is 0 Å². The molecular weight excluding hydrogens is 548 g/mol. The van der Waals surface area contributed by atoms with E-state index in [0.717, 1.165) is 79.2 Å². The Kier molecular flexibility index (Phi) is 8.67. The van der Waals surface area contributed by atoms with Gasteiger partial charge >= 0.3 is 5.97 Å². The first-order valence-corrected chi connectivity index (χ1v) is 15.3. The molecule has 1 aromatic heterocycles. The van der Waals surface area contributed by atoms with Gasteiger partial charge in [0.05, 0.1) is 31.9 Å². The van der Waals surface area contributed by atoms with E-state index in [2.05, 4.69) is 22.5 Å². The molecule has 2 aromatic carbocycles. The highest BCUT2D eigenvalue weighted by molar-refractivity contribution is 6.00. The minimum absolute atomic E-state index is 0.0297. The van der Waals surface area contributed by atoms with E-state index >= 15 is 0 Å². The Balaban J connectivity index is 1.31. The lowest BCUT2D eigenvalue weighted by Crippen LogP contribution is -2.56. The van der Waals surface area contributed by atoms with E-state index in [0.29, 0.717) is 38.3 Å². The number of rotatable bonds is 10. The number of hydrogen-bond donors (Lipinski definition) is 0. The smallest absolute Gasteiger partial charge is 0.338 e. The van der Waals surface area contributed by atoms with Gasteiger partial charge in [-0.25, -0.2) is 4.79 Å². The highest BCUT2D eigenvalue weighted by Crippen LogP contribution is 2.41. The number of carbonyl (C=O) groups is 3. The molecule has 0 N–H and O–H groups in total. The third kappa shape index (κ3) is 5.99. The molecule has 0 saturated carbocycles. The number of amides is 2. The van der Waals surface area contributed by atoms with Crippen LogP contribution in [0.2, 0.25) is 0 Å². The molecule has 3 aromatic rings. The van der Waals surface area contributed by atoms with E-state index < -0.39 is 6.04 Å². The van der Waals surface area contributed by atoms with Crippen LogP contribution in [0.4, 0.5) is 0 Å². The first-order valence-electron chi connectivity index (χ1n) is 15.3. The van der Waals surface area contributed by atoms with Crippen molar-refractivity contribution < 1.29 is 28.6 Å². The van der Waals surface area contributed by atoms with Crippen molar-refractivity contribution in [1.82, 2.24) is 19.3 Å². The topological polar surface area (TPSA) is 93.5 Å². The van der Waals surface area contributed by atoms with Crippen molar-refractivity contribution in [2.75, 3.05) is 66.2 Å². The second-order valence-electron chi connectivity index (χ2n) is 11.5. The first-order chi connectivity index (χ1) is 20.9. The standard InChI is InChI=1S/C33H40N4O6/c1-3-4-16-43-33(40)24-7-5-23(6-8-24)21-37-27-10-9-25(42-19-15-35-13-17-41-18-14-35)20-26(27)30-28(37)11-12-36-29(38)22-34(2)32(39)31(30)36/h5-10,20,31H,3-4,11-19,21-22H2,1-2H3.